The second-order valence-corrected chi connectivity index (χ2v) is 6.32. The fourth-order valence-electron chi connectivity index (χ4n) is 3.32. The zero-order valence-electron chi connectivity index (χ0n) is 13.4. The first-order chi connectivity index (χ1) is 11.3. The number of nitrogens with zero attached hydrogens (tertiary/aromatic N) is 2. The largest absolute Gasteiger partial charge is 0.381 e. The summed E-state index contributed by atoms with van der Waals surface area (Å²) in [5.74, 6) is 0. The fourth-order valence-corrected chi connectivity index (χ4v) is 3.32. The van der Waals surface area contributed by atoms with Crippen LogP contribution in [0.25, 0.3) is 10.9 Å². The first kappa shape index (κ1) is 14.2. The lowest BCUT2D eigenvalue weighted by molar-refractivity contribution is 0.313. The van der Waals surface area contributed by atoms with Gasteiger partial charge < -0.3 is 10.2 Å². The van der Waals surface area contributed by atoms with Gasteiger partial charge in [0.25, 0.3) is 0 Å². The molecule has 0 aliphatic carbocycles. The van der Waals surface area contributed by atoms with Crippen molar-refractivity contribution < 1.29 is 0 Å². The summed E-state index contributed by atoms with van der Waals surface area (Å²) in [7, 11) is 2.19. The Morgan fingerprint density at radius 2 is 2.00 bits per heavy atom. The highest BCUT2D eigenvalue weighted by molar-refractivity contribution is 5.81. The number of para-hydroxylation sites is 1. The highest BCUT2D eigenvalue weighted by atomic mass is 15.1. The predicted octanol–water partition coefficient (Wildman–Crippen LogP) is 3.83. The molecule has 0 amide bonds. The molecular formula is C20H21N3. The van der Waals surface area contributed by atoms with Gasteiger partial charge in [-0.1, -0.05) is 30.3 Å². The molecule has 1 aliphatic rings. The van der Waals surface area contributed by atoms with Crippen molar-refractivity contribution in [3.63, 3.8) is 0 Å². The van der Waals surface area contributed by atoms with Gasteiger partial charge in [-0.2, -0.15) is 0 Å². The maximum absolute atomic E-state index is 4.53. The van der Waals surface area contributed by atoms with E-state index in [9.17, 15) is 0 Å². The average molecular weight is 303 g/mol. The van der Waals surface area contributed by atoms with E-state index in [1.807, 2.05) is 12.3 Å². The minimum atomic E-state index is 0.795. The molecule has 2 heterocycles. The van der Waals surface area contributed by atoms with E-state index in [-0.39, 0.29) is 0 Å². The molecule has 3 heteroatoms. The van der Waals surface area contributed by atoms with Crippen LogP contribution in [0.3, 0.4) is 0 Å². The van der Waals surface area contributed by atoms with Gasteiger partial charge in [0, 0.05) is 36.9 Å². The lowest BCUT2D eigenvalue weighted by Crippen LogP contribution is -2.26. The van der Waals surface area contributed by atoms with Crippen LogP contribution in [0.15, 0.2) is 54.7 Å². The molecule has 3 aromatic rings. The number of hydrogen-bond acceptors (Lipinski definition) is 3. The van der Waals surface area contributed by atoms with Crippen molar-refractivity contribution in [1.82, 2.24) is 9.88 Å². The number of likely N-dealkylation sites (N-methyl/N-ethyl adjacent to an activating group) is 1. The Balaban J connectivity index is 1.56. The van der Waals surface area contributed by atoms with Gasteiger partial charge in [0.15, 0.2) is 0 Å². The number of benzene rings is 2. The Hall–Kier alpha value is -2.39. The van der Waals surface area contributed by atoms with Crippen LogP contribution in [-0.4, -0.2) is 23.5 Å². The topological polar surface area (TPSA) is 28.2 Å². The van der Waals surface area contributed by atoms with E-state index in [2.05, 4.69) is 64.7 Å². The van der Waals surface area contributed by atoms with Crippen molar-refractivity contribution >= 4 is 16.6 Å². The molecule has 0 saturated heterocycles. The third-order valence-electron chi connectivity index (χ3n) is 4.61. The summed E-state index contributed by atoms with van der Waals surface area (Å²) in [4.78, 5) is 6.90. The highest BCUT2D eigenvalue weighted by Crippen LogP contribution is 2.23. The SMILES string of the molecule is CN1CCc2ccc(NCc3cccc4cccnc34)cc2C1. The Bertz CT molecular complexity index is 836. The van der Waals surface area contributed by atoms with Crippen molar-refractivity contribution in [3.05, 3.63) is 71.4 Å². The standard InChI is InChI=1S/C20H21N3/c1-23-11-9-15-7-8-19(12-18(15)14-23)22-13-17-5-2-4-16-6-3-10-21-20(16)17/h2-8,10,12,22H,9,11,13-14H2,1H3. The Labute approximate surface area is 137 Å². The third kappa shape index (κ3) is 2.92. The maximum Gasteiger partial charge on any atom is 0.0751 e. The van der Waals surface area contributed by atoms with Crippen LogP contribution in [0.4, 0.5) is 5.69 Å². The number of aromatic nitrogens is 1. The van der Waals surface area contributed by atoms with Crippen LogP contribution < -0.4 is 5.32 Å². The van der Waals surface area contributed by atoms with Gasteiger partial charge in [-0.3, -0.25) is 4.98 Å². The van der Waals surface area contributed by atoms with Gasteiger partial charge in [-0.15, -0.1) is 0 Å². The molecule has 3 nitrogen and oxygen atoms in total. The molecule has 116 valence electrons. The maximum atomic E-state index is 4.53. The number of pyridine rings is 1. The summed E-state index contributed by atoms with van der Waals surface area (Å²) in [6.07, 6.45) is 3.01. The predicted molar refractivity (Wildman–Crippen MR) is 95.5 cm³/mol. The Morgan fingerprint density at radius 3 is 2.96 bits per heavy atom. The molecule has 1 aromatic heterocycles. The van der Waals surface area contributed by atoms with E-state index in [1.165, 1.54) is 27.8 Å². The monoisotopic (exact) mass is 303 g/mol. The number of hydrogen-bond donors (Lipinski definition) is 1. The fraction of sp³-hybridized carbons (Fsp3) is 0.250. The van der Waals surface area contributed by atoms with Crippen LogP contribution in [0.2, 0.25) is 0 Å². The Kier molecular flexibility index (Phi) is 3.72. The molecule has 0 fully saturated rings. The minimum Gasteiger partial charge on any atom is -0.381 e. The van der Waals surface area contributed by atoms with Gasteiger partial charge in [0.05, 0.1) is 5.52 Å². The highest BCUT2D eigenvalue weighted by Gasteiger charge is 2.13. The Morgan fingerprint density at radius 1 is 1.09 bits per heavy atom. The molecule has 1 N–H and O–H groups in total. The number of nitrogens with one attached hydrogen (secondary N) is 1. The lowest BCUT2D eigenvalue weighted by atomic mass is 9.99. The second kappa shape index (κ2) is 6.01. The molecule has 0 radical (unpaired) electrons. The van der Waals surface area contributed by atoms with E-state index in [1.54, 1.807) is 0 Å². The number of rotatable bonds is 3. The zero-order valence-corrected chi connectivity index (χ0v) is 13.4. The first-order valence-corrected chi connectivity index (χ1v) is 8.16. The smallest absolute Gasteiger partial charge is 0.0751 e. The summed E-state index contributed by atoms with van der Waals surface area (Å²) in [6.45, 7) is 2.99. The normalized spacial score (nSPS) is 14.7. The molecule has 4 rings (SSSR count). The molecular weight excluding hydrogens is 282 g/mol. The van der Waals surface area contributed by atoms with Crippen LogP contribution in [0.5, 0.6) is 0 Å². The average Bonchev–Trinajstić information content (AvgIpc) is 2.59. The van der Waals surface area contributed by atoms with Gasteiger partial charge in [-0.05, 0) is 48.4 Å². The first-order valence-electron chi connectivity index (χ1n) is 8.16. The van der Waals surface area contributed by atoms with Crippen molar-refractivity contribution in [2.75, 3.05) is 18.9 Å². The minimum absolute atomic E-state index is 0.795. The summed E-state index contributed by atoms with van der Waals surface area (Å²) in [5.41, 5.74) is 6.44. The molecule has 0 unspecified atom stereocenters. The van der Waals surface area contributed by atoms with E-state index in [4.69, 9.17) is 0 Å². The van der Waals surface area contributed by atoms with E-state index >= 15 is 0 Å². The van der Waals surface area contributed by atoms with Crippen LogP contribution in [0.1, 0.15) is 16.7 Å². The van der Waals surface area contributed by atoms with E-state index in [0.717, 1.165) is 31.6 Å². The zero-order chi connectivity index (χ0) is 15.6. The molecule has 2 aromatic carbocycles. The van der Waals surface area contributed by atoms with Gasteiger partial charge in [0.1, 0.15) is 0 Å². The summed E-state index contributed by atoms with van der Waals surface area (Å²) in [5, 5.41) is 4.75. The summed E-state index contributed by atoms with van der Waals surface area (Å²) >= 11 is 0. The van der Waals surface area contributed by atoms with E-state index in [0.29, 0.717) is 0 Å². The van der Waals surface area contributed by atoms with Gasteiger partial charge in [-0.25, -0.2) is 0 Å². The quantitative estimate of drug-likeness (QED) is 0.797. The number of anilines is 1. The van der Waals surface area contributed by atoms with Gasteiger partial charge in [0.2, 0.25) is 0 Å². The van der Waals surface area contributed by atoms with Gasteiger partial charge >= 0.3 is 0 Å². The van der Waals surface area contributed by atoms with Crippen LogP contribution in [-0.2, 0) is 19.5 Å². The van der Waals surface area contributed by atoms with Crippen LogP contribution in [0, 0.1) is 0 Å². The molecule has 1 aliphatic heterocycles. The summed E-state index contributed by atoms with van der Waals surface area (Å²) < 4.78 is 0. The molecule has 0 spiro atoms. The van der Waals surface area contributed by atoms with E-state index < -0.39 is 0 Å². The van der Waals surface area contributed by atoms with Crippen molar-refractivity contribution in [1.29, 1.82) is 0 Å². The third-order valence-corrected chi connectivity index (χ3v) is 4.61. The van der Waals surface area contributed by atoms with Crippen molar-refractivity contribution in [3.8, 4) is 0 Å². The lowest BCUT2D eigenvalue weighted by Gasteiger charge is -2.25. The molecule has 0 bridgehead atoms. The molecule has 0 atom stereocenters. The van der Waals surface area contributed by atoms with Crippen LogP contribution >= 0.6 is 0 Å². The summed E-state index contributed by atoms with van der Waals surface area (Å²) in [6, 6.07) is 17.2. The van der Waals surface area contributed by atoms with Crippen molar-refractivity contribution in [2.45, 2.75) is 19.5 Å². The van der Waals surface area contributed by atoms with Crippen molar-refractivity contribution in [2.24, 2.45) is 0 Å². The molecule has 23 heavy (non-hydrogen) atoms. The second-order valence-electron chi connectivity index (χ2n) is 6.32. The number of fused-ring (bicyclic) bond motifs is 2. The molecule has 0 saturated carbocycles.